The van der Waals surface area contributed by atoms with E-state index in [4.69, 9.17) is 5.11 Å². The Morgan fingerprint density at radius 3 is 2.40 bits per heavy atom. The SMILES string of the molecule is O=C(O)c1ccc(N2CCCC2c2ccccc2)cc1. The van der Waals surface area contributed by atoms with Gasteiger partial charge >= 0.3 is 5.97 Å². The predicted octanol–water partition coefficient (Wildman–Crippen LogP) is 3.73. The van der Waals surface area contributed by atoms with Crippen molar-refractivity contribution in [3.63, 3.8) is 0 Å². The quantitative estimate of drug-likeness (QED) is 0.921. The van der Waals surface area contributed by atoms with Crippen molar-refractivity contribution >= 4 is 11.7 Å². The van der Waals surface area contributed by atoms with Crippen LogP contribution in [-0.4, -0.2) is 17.6 Å². The summed E-state index contributed by atoms with van der Waals surface area (Å²) in [5, 5.41) is 8.96. The van der Waals surface area contributed by atoms with Crippen LogP contribution in [0.1, 0.15) is 34.8 Å². The first-order valence-electron chi connectivity index (χ1n) is 6.90. The third-order valence-corrected chi connectivity index (χ3v) is 3.88. The summed E-state index contributed by atoms with van der Waals surface area (Å²) in [5.74, 6) is -0.877. The number of hydrogen-bond acceptors (Lipinski definition) is 2. The van der Waals surface area contributed by atoms with E-state index in [0.29, 0.717) is 11.6 Å². The minimum absolute atomic E-state index is 0.337. The van der Waals surface area contributed by atoms with Crippen LogP contribution in [0.2, 0.25) is 0 Å². The van der Waals surface area contributed by atoms with E-state index >= 15 is 0 Å². The molecular weight excluding hydrogens is 250 g/mol. The van der Waals surface area contributed by atoms with Gasteiger partial charge in [0.05, 0.1) is 11.6 Å². The van der Waals surface area contributed by atoms with E-state index in [1.54, 1.807) is 12.1 Å². The molecule has 1 aliphatic rings. The van der Waals surface area contributed by atoms with E-state index in [2.05, 4.69) is 29.2 Å². The van der Waals surface area contributed by atoms with Crippen molar-refractivity contribution in [3.8, 4) is 0 Å². The molecule has 1 unspecified atom stereocenters. The molecule has 3 rings (SSSR count). The zero-order chi connectivity index (χ0) is 13.9. The lowest BCUT2D eigenvalue weighted by Crippen LogP contribution is -2.22. The molecule has 1 saturated heterocycles. The molecule has 1 N–H and O–H groups in total. The number of rotatable bonds is 3. The molecule has 1 heterocycles. The average Bonchev–Trinajstić information content (AvgIpc) is 2.97. The molecule has 1 aliphatic heterocycles. The highest BCUT2D eigenvalue weighted by atomic mass is 16.4. The Bertz CT molecular complexity index is 592. The summed E-state index contributed by atoms with van der Waals surface area (Å²) >= 11 is 0. The van der Waals surface area contributed by atoms with E-state index in [1.165, 1.54) is 12.0 Å². The Morgan fingerprint density at radius 2 is 1.75 bits per heavy atom. The largest absolute Gasteiger partial charge is 0.478 e. The standard InChI is InChI=1S/C17H17NO2/c19-17(20)14-8-10-15(11-9-14)18-12-4-7-16(18)13-5-2-1-3-6-13/h1-3,5-6,8-11,16H,4,7,12H2,(H,19,20). The van der Waals surface area contributed by atoms with Gasteiger partial charge in [0.15, 0.2) is 0 Å². The first kappa shape index (κ1) is 12.7. The van der Waals surface area contributed by atoms with Crippen molar-refractivity contribution in [1.29, 1.82) is 0 Å². The summed E-state index contributed by atoms with van der Waals surface area (Å²) < 4.78 is 0. The molecule has 2 aromatic rings. The Labute approximate surface area is 118 Å². The maximum absolute atomic E-state index is 10.9. The third-order valence-electron chi connectivity index (χ3n) is 3.88. The first-order chi connectivity index (χ1) is 9.75. The number of benzene rings is 2. The van der Waals surface area contributed by atoms with Gasteiger partial charge in [-0.2, -0.15) is 0 Å². The molecular formula is C17H17NO2. The van der Waals surface area contributed by atoms with Crippen LogP contribution in [0.3, 0.4) is 0 Å². The maximum atomic E-state index is 10.9. The zero-order valence-corrected chi connectivity index (χ0v) is 11.2. The Kier molecular flexibility index (Phi) is 3.42. The lowest BCUT2D eigenvalue weighted by Gasteiger charge is -2.27. The number of hydrogen-bond donors (Lipinski definition) is 1. The van der Waals surface area contributed by atoms with Crippen molar-refractivity contribution in [3.05, 3.63) is 65.7 Å². The molecule has 3 nitrogen and oxygen atoms in total. The van der Waals surface area contributed by atoms with E-state index in [9.17, 15) is 4.79 Å². The Morgan fingerprint density at radius 1 is 1.05 bits per heavy atom. The first-order valence-corrected chi connectivity index (χ1v) is 6.90. The molecule has 0 aromatic heterocycles. The van der Waals surface area contributed by atoms with Gasteiger partial charge in [0, 0.05) is 12.2 Å². The van der Waals surface area contributed by atoms with Crippen molar-refractivity contribution in [2.24, 2.45) is 0 Å². The molecule has 1 fully saturated rings. The van der Waals surface area contributed by atoms with Gasteiger partial charge < -0.3 is 10.0 Å². The van der Waals surface area contributed by atoms with Crippen molar-refractivity contribution < 1.29 is 9.90 Å². The van der Waals surface area contributed by atoms with Gasteiger partial charge in [-0.1, -0.05) is 30.3 Å². The van der Waals surface area contributed by atoms with Gasteiger partial charge in [-0.3, -0.25) is 0 Å². The molecule has 2 aromatic carbocycles. The summed E-state index contributed by atoms with van der Waals surface area (Å²) in [6.07, 6.45) is 2.31. The number of carboxylic acid groups (broad SMARTS) is 1. The highest BCUT2D eigenvalue weighted by molar-refractivity contribution is 5.88. The number of aromatic carboxylic acids is 1. The number of nitrogens with zero attached hydrogens (tertiary/aromatic N) is 1. The van der Waals surface area contributed by atoms with E-state index in [-0.39, 0.29) is 0 Å². The summed E-state index contributed by atoms with van der Waals surface area (Å²) in [4.78, 5) is 13.3. The molecule has 1 atom stereocenters. The van der Waals surface area contributed by atoms with Crippen molar-refractivity contribution in [2.45, 2.75) is 18.9 Å². The van der Waals surface area contributed by atoms with Crippen LogP contribution in [-0.2, 0) is 0 Å². The summed E-state index contributed by atoms with van der Waals surface area (Å²) in [6, 6.07) is 18.1. The highest BCUT2D eigenvalue weighted by Gasteiger charge is 2.25. The fourth-order valence-corrected chi connectivity index (χ4v) is 2.89. The van der Waals surface area contributed by atoms with E-state index in [1.807, 2.05) is 18.2 Å². The topological polar surface area (TPSA) is 40.5 Å². The van der Waals surface area contributed by atoms with Crippen LogP contribution in [0.25, 0.3) is 0 Å². The Balaban J connectivity index is 1.87. The van der Waals surface area contributed by atoms with Crippen LogP contribution in [0, 0.1) is 0 Å². The molecule has 0 amide bonds. The highest BCUT2D eigenvalue weighted by Crippen LogP contribution is 2.35. The minimum Gasteiger partial charge on any atom is -0.478 e. The molecule has 0 aliphatic carbocycles. The minimum atomic E-state index is -0.877. The van der Waals surface area contributed by atoms with Crippen LogP contribution >= 0.6 is 0 Å². The maximum Gasteiger partial charge on any atom is 0.335 e. The summed E-state index contributed by atoms with van der Waals surface area (Å²) in [7, 11) is 0. The van der Waals surface area contributed by atoms with Crippen LogP contribution < -0.4 is 4.90 Å². The fraction of sp³-hybridized carbons (Fsp3) is 0.235. The van der Waals surface area contributed by atoms with E-state index < -0.39 is 5.97 Å². The predicted molar refractivity (Wildman–Crippen MR) is 79.2 cm³/mol. The number of carboxylic acids is 1. The van der Waals surface area contributed by atoms with Gasteiger partial charge in [0.1, 0.15) is 0 Å². The van der Waals surface area contributed by atoms with Crippen molar-refractivity contribution in [2.75, 3.05) is 11.4 Å². The molecule has 0 spiro atoms. The van der Waals surface area contributed by atoms with Gasteiger partial charge in [-0.05, 0) is 42.7 Å². The lowest BCUT2D eigenvalue weighted by molar-refractivity contribution is 0.0697. The van der Waals surface area contributed by atoms with Gasteiger partial charge in [0.2, 0.25) is 0 Å². The molecule has 102 valence electrons. The Hall–Kier alpha value is -2.29. The molecule has 0 bridgehead atoms. The normalized spacial score (nSPS) is 18.2. The molecule has 0 radical (unpaired) electrons. The molecule has 20 heavy (non-hydrogen) atoms. The monoisotopic (exact) mass is 267 g/mol. The number of anilines is 1. The smallest absolute Gasteiger partial charge is 0.335 e. The van der Waals surface area contributed by atoms with Crippen LogP contribution in [0.5, 0.6) is 0 Å². The van der Waals surface area contributed by atoms with Crippen molar-refractivity contribution in [1.82, 2.24) is 0 Å². The fourth-order valence-electron chi connectivity index (χ4n) is 2.89. The summed E-state index contributed by atoms with van der Waals surface area (Å²) in [5.41, 5.74) is 2.76. The zero-order valence-electron chi connectivity index (χ0n) is 11.2. The average molecular weight is 267 g/mol. The molecule has 0 saturated carbocycles. The third kappa shape index (κ3) is 2.39. The summed E-state index contributed by atoms with van der Waals surface area (Å²) in [6.45, 7) is 1.02. The van der Waals surface area contributed by atoms with Gasteiger partial charge in [-0.15, -0.1) is 0 Å². The second kappa shape index (κ2) is 5.37. The number of carbonyl (C=O) groups is 1. The van der Waals surface area contributed by atoms with Crippen LogP contribution in [0.15, 0.2) is 54.6 Å². The van der Waals surface area contributed by atoms with Gasteiger partial charge in [-0.25, -0.2) is 4.79 Å². The second-order valence-electron chi connectivity index (χ2n) is 5.11. The lowest BCUT2D eigenvalue weighted by atomic mass is 10.0. The van der Waals surface area contributed by atoms with Gasteiger partial charge in [0.25, 0.3) is 0 Å². The van der Waals surface area contributed by atoms with Crippen LogP contribution in [0.4, 0.5) is 5.69 Å². The second-order valence-corrected chi connectivity index (χ2v) is 5.11. The molecule has 3 heteroatoms. The van der Waals surface area contributed by atoms with E-state index in [0.717, 1.165) is 18.7 Å².